The maximum atomic E-state index is 13.1. The van der Waals surface area contributed by atoms with Crippen molar-refractivity contribution in [3.63, 3.8) is 0 Å². The molecule has 11 nitrogen and oxygen atoms in total. The summed E-state index contributed by atoms with van der Waals surface area (Å²) < 4.78 is 38.0. The number of aldehydes is 1. The van der Waals surface area contributed by atoms with E-state index in [-0.39, 0.29) is 12.3 Å². The summed E-state index contributed by atoms with van der Waals surface area (Å²) in [6, 6.07) is 18.5. The number of para-hydroxylation sites is 2. The van der Waals surface area contributed by atoms with Gasteiger partial charge in [0.15, 0.2) is 0 Å². The summed E-state index contributed by atoms with van der Waals surface area (Å²) in [5.41, 5.74) is 9.38. The van der Waals surface area contributed by atoms with Gasteiger partial charge in [-0.1, -0.05) is 42.5 Å². The van der Waals surface area contributed by atoms with Gasteiger partial charge in [0.25, 0.3) is 11.8 Å². The summed E-state index contributed by atoms with van der Waals surface area (Å²) in [4.78, 5) is 41.3. The van der Waals surface area contributed by atoms with Crippen LogP contribution in [0.5, 0.6) is 0 Å². The van der Waals surface area contributed by atoms with Gasteiger partial charge in [-0.2, -0.15) is 10.1 Å². The first-order valence-electron chi connectivity index (χ1n) is 14.8. The van der Waals surface area contributed by atoms with E-state index in [1.165, 1.54) is 4.90 Å². The summed E-state index contributed by atoms with van der Waals surface area (Å²) in [5.74, 6) is -0.598. The Kier molecular flexibility index (Phi) is 13.0. The minimum absolute atomic E-state index is 0.180. The normalized spacial score (nSPS) is 16.4. The number of carbonyl (C=O) groups excluding carboxylic acids is 3. The molecule has 0 fully saturated rings. The van der Waals surface area contributed by atoms with Gasteiger partial charge in [-0.05, 0) is 51.2 Å². The van der Waals surface area contributed by atoms with Crippen LogP contribution in [0.1, 0.15) is 18.2 Å². The number of rotatable bonds is 7. The second kappa shape index (κ2) is 16.9. The van der Waals surface area contributed by atoms with Crippen molar-refractivity contribution in [1.29, 1.82) is 0 Å². The number of amides is 2. The monoisotopic (exact) mass is 652 g/mol. The molecule has 2 aliphatic heterocycles. The van der Waals surface area contributed by atoms with Gasteiger partial charge in [0.1, 0.15) is 18.1 Å². The molecule has 2 aromatic carbocycles. The summed E-state index contributed by atoms with van der Waals surface area (Å²) in [6.45, 7) is 5.69. The van der Waals surface area contributed by atoms with Crippen LogP contribution in [0.4, 0.5) is 24.7 Å². The average molecular weight is 653 g/mol. The zero-order chi connectivity index (χ0) is 34.6. The van der Waals surface area contributed by atoms with Crippen LogP contribution in [0.2, 0.25) is 0 Å². The average Bonchev–Trinajstić information content (AvgIpc) is 3.64. The summed E-state index contributed by atoms with van der Waals surface area (Å²) >= 11 is 0. The van der Waals surface area contributed by atoms with Crippen LogP contribution in [-0.4, -0.2) is 85.1 Å². The number of aromatic nitrogens is 2. The van der Waals surface area contributed by atoms with Gasteiger partial charge in [-0.15, -0.1) is 13.2 Å². The number of aryl methyl sites for hydroxylation is 1. The first-order chi connectivity index (χ1) is 22.4. The Bertz CT molecular complexity index is 1600. The van der Waals surface area contributed by atoms with E-state index in [4.69, 9.17) is 5.73 Å². The molecule has 1 atom stereocenters. The minimum atomic E-state index is -4.76. The largest absolute Gasteiger partial charge is 0.503 e. The third-order valence-electron chi connectivity index (χ3n) is 7.08. The molecule has 1 unspecified atom stereocenters. The van der Waals surface area contributed by atoms with Crippen LogP contribution in [-0.2, 0) is 20.8 Å². The molecule has 14 heteroatoms. The molecule has 3 aromatic rings. The first-order valence-corrected chi connectivity index (χ1v) is 14.8. The molecule has 4 N–H and O–H groups in total. The fourth-order valence-corrected chi connectivity index (χ4v) is 4.74. The molecular weight excluding hydrogens is 613 g/mol. The molecule has 1 aromatic heterocycles. The fraction of sp³-hybridized carbons (Fsp3) is 0.303. The SMILES string of the molecule is CCN1C(=O)C(NC(=O)/C(N)=C/C=N/C(F)(F)F)Cc2c(C)nn(-c3ccccc3)c21.CN1CC=C(C=O)C1.CNc1ccccc1. The number of aliphatic imine (C=N–C) groups is 1. The Morgan fingerprint density at radius 2 is 1.77 bits per heavy atom. The number of fused-ring (bicyclic) bond motifs is 1. The molecule has 0 aliphatic carbocycles. The van der Waals surface area contributed by atoms with E-state index in [0.29, 0.717) is 24.3 Å². The quantitative estimate of drug-likeness (QED) is 0.153. The highest BCUT2D eigenvalue weighted by atomic mass is 19.4. The van der Waals surface area contributed by atoms with Crippen LogP contribution in [0.3, 0.4) is 0 Å². The van der Waals surface area contributed by atoms with E-state index in [1.54, 1.807) is 11.6 Å². The van der Waals surface area contributed by atoms with Crippen molar-refractivity contribution in [2.45, 2.75) is 32.6 Å². The number of hydrogen-bond donors (Lipinski definition) is 3. The van der Waals surface area contributed by atoms with E-state index in [0.717, 1.165) is 48.0 Å². The van der Waals surface area contributed by atoms with Crippen molar-refractivity contribution in [3.8, 4) is 5.69 Å². The number of halogens is 3. The van der Waals surface area contributed by atoms with Crippen molar-refractivity contribution in [1.82, 2.24) is 20.0 Å². The second-order valence-corrected chi connectivity index (χ2v) is 10.5. The van der Waals surface area contributed by atoms with Gasteiger partial charge in [-0.25, -0.2) is 4.68 Å². The summed E-state index contributed by atoms with van der Waals surface area (Å²) in [7, 11) is 3.91. The van der Waals surface area contributed by atoms with E-state index in [2.05, 4.69) is 25.6 Å². The van der Waals surface area contributed by atoms with Crippen LogP contribution in [0.15, 0.2) is 89.1 Å². The molecule has 2 amide bonds. The number of allylic oxidation sites excluding steroid dienone is 1. The molecule has 2 aliphatic rings. The summed E-state index contributed by atoms with van der Waals surface area (Å²) in [5, 5.41) is 10.1. The lowest BCUT2D eigenvalue weighted by Gasteiger charge is -2.32. The number of nitrogens with zero attached hydrogens (tertiary/aromatic N) is 5. The van der Waals surface area contributed by atoms with Crippen LogP contribution < -0.4 is 21.3 Å². The highest BCUT2D eigenvalue weighted by Gasteiger charge is 2.37. The Labute approximate surface area is 271 Å². The number of benzene rings is 2. The first kappa shape index (κ1) is 36.2. The Balaban J connectivity index is 0.000000303. The molecule has 0 bridgehead atoms. The van der Waals surface area contributed by atoms with Gasteiger partial charge in [0.2, 0.25) is 0 Å². The molecule has 5 rings (SSSR count). The Morgan fingerprint density at radius 3 is 2.26 bits per heavy atom. The zero-order valence-electron chi connectivity index (χ0n) is 26.7. The van der Waals surface area contributed by atoms with E-state index in [1.807, 2.05) is 87.8 Å². The number of hydrogen-bond acceptors (Lipinski definition) is 8. The van der Waals surface area contributed by atoms with E-state index < -0.39 is 23.9 Å². The number of nitrogens with two attached hydrogens (primary N) is 1. The molecule has 250 valence electrons. The van der Waals surface area contributed by atoms with Gasteiger partial charge in [0, 0.05) is 56.1 Å². The predicted molar refractivity (Wildman–Crippen MR) is 176 cm³/mol. The highest BCUT2D eigenvalue weighted by molar-refractivity contribution is 6.04. The van der Waals surface area contributed by atoms with Crippen LogP contribution >= 0.6 is 0 Å². The molecule has 3 heterocycles. The Hall–Kier alpha value is -5.24. The molecule has 0 spiro atoms. The lowest BCUT2D eigenvalue weighted by Crippen LogP contribution is -2.54. The van der Waals surface area contributed by atoms with Gasteiger partial charge in [-0.3, -0.25) is 24.2 Å². The molecule has 0 radical (unpaired) electrons. The number of carbonyl (C=O) groups is 3. The smallest absolute Gasteiger partial charge is 0.394 e. The number of alkyl halides is 3. The zero-order valence-corrected chi connectivity index (χ0v) is 26.7. The van der Waals surface area contributed by atoms with Gasteiger partial charge >= 0.3 is 6.30 Å². The van der Waals surface area contributed by atoms with Crippen LogP contribution in [0.25, 0.3) is 5.69 Å². The lowest BCUT2D eigenvalue weighted by atomic mass is 9.99. The van der Waals surface area contributed by atoms with Crippen molar-refractivity contribution in [2.24, 2.45) is 10.7 Å². The number of anilines is 2. The van der Waals surface area contributed by atoms with E-state index in [9.17, 15) is 27.6 Å². The minimum Gasteiger partial charge on any atom is -0.394 e. The number of nitrogens with one attached hydrogen (secondary N) is 2. The van der Waals surface area contributed by atoms with Crippen molar-refractivity contribution in [3.05, 3.63) is 95.3 Å². The van der Waals surface area contributed by atoms with Crippen molar-refractivity contribution in [2.75, 3.05) is 43.9 Å². The fourth-order valence-electron chi connectivity index (χ4n) is 4.74. The maximum absolute atomic E-state index is 13.1. The number of likely N-dealkylation sites (N-methyl/N-ethyl adjacent to an activating group) is 2. The second-order valence-electron chi connectivity index (χ2n) is 10.5. The third kappa shape index (κ3) is 10.4. The summed E-state index contributed by atoms with van der Waals surface area (Å²) in [6.07, 6.45) is -0.587. The molecule has 0 saturated carbocycles. The molecular formula is C33H39F3N8O3. The molecule has 47 heavy (non-hydrogen) atoms. The maximum Gasteiger partial charge on any atom is 0.503 e. The van der Waals surface area contributed by atoms with Gasteiger partial charge in [0.05, 0.1) is 17.1 Å². The third-order valence-corrected chi connectivity index (χ3v) is 7.08. The highest BCUT2D eigenvalue weighted by Crippen LogP contribution is 2.32. The molecule has 0 saturated heterocycles. The van der Waals surface area contributed by atoms with Crippen molar-refractivity contribution >= 4 is 35.8 Å². The predicted octanol–water partition coefficient (Wildman–Crippen LogP) is 3.79. The van der Waals surface area contributed by atoms with Gasteiger partial charge < -0.3 is 16.4 Å². The van der Waals surface area contributed by atoms with E-state index >= 15 is 0 Å². The topological polar surface area (TPSA) is 138 Å². The van der Waals surface area contributed by atoms with Crippen LogP contribution in [0, 0.1) is 6.92 Å². The lowest BCUT2D eigenvalue weighted by molar-refractivity contribution is -0.126. The Morgan fingerprint density at radius 1 is 1.13 bits per heavy atom. The van der Waals surface area contributed by atoms with Crippen molar-refractivity contribution < 1.29 is 27.6 Å². The standard InChI is InChI=1S/C20H21F3N6O2.C7H9N.C6H9NO/c1-3-28-18-14(12(2)27-29(18)13-7-5-4-6-8-13)11-16(19(28)31)26-17(30)15(24)9-10-25-20(21,22)23;1-8-7-5-3-2-4-6-7;1-7-3-2-6(4-7)5-8/h4-10,16H,3,11,24H2,1-2H3,(H,26,30);2-6,8H,1H3;2,5H,3-4H2,1H3/b15-9-,25-10+;;.